The molecule has 0 saturated heterocycles. The maximum atomic E-state index is 5.65. The van der Waals surface area contributed by atoms with Gasteiger partial charge >= 0.3 is 0 Å². The van der Waals surface area contributed by atoms with Crippen LogP contribution < -0.4 is 10.5 Å². The number of hydrogen-bond donors (Lipinski definition) is 1. The second kappa shape index (κ2) is 4.81. The van der Waals surface area contributed by atoms with E-state index in [2.05, 4.69) is 12.1 Å². The van der Waals surface area contributed by atoms with Crippen molar-refractivity contribution in [3.63, 3.8) is 0 Å². The average molecular weight is 213 g/mol. The summed E-state index contributed by atoms with van der Waals surface area (Å²) in [7, 11) is 0. The van der Waals surface area contributed by atoms with Crippen molar-refractivity contribution in [2.24, 2.45) is 5.73 Å². The van der Waals surface area contributed by atoms with Gasteiger partial charge in [-0.25, -0.2) is 0 Å². The van der Waals surface area contributed by atoms with Gasteiger partial charge in [0.25, 0.3) is 0 Å². The van der Waals surface area contributed by atoms with Crippen LogP contribution in [0.15, 0.2) is 54.6 Å². The predicted molar refractivity (Wildman–Crippen MR) is 66.2 cm³/mol. The van der Waals surface area contributed by atoms with Crippen molar-refractivity contribution in [1.29, 1.82) is 0 Å². The van der Waals surface area contributed by atoms with Gasteiger partial charge in [0.05, 0.1) is 0 Å². The SMILES string of the molecule is CC(N)Oc1ccccc1-c1ccccc1. The number of para-hydroxylation sites is 1. The maximum absolute atomic E-state index is 5.65. The van der Waals surface area contributed by atoms with Crippen LogP contribution in [0.1, 0.15) is 6.92 Å². The molecular formula is C14H15NO. The van der Waals surface area contributed by atoms with Gasteiger partial charge in [-0.3, -0.25) is 5.73 Å². The van der Waals surface area contributed by atoms with Crippen molar-refractivity contribution < 1.29 is 4.74 Å². The lowest BCUT2D eigenvalue weighted by Gasteiger charge is -2.13. The Balaban J connectivity index is 2.41. The third-order valence-corrected chi connectivity index (χ3v) is 2.28. The highest BCUT2D eigenvalue weighted by Gasteiger charge is 2.06. The first-order chi connectivity index (χ1) is 7.77. The first-order valence-electron chi connectivity index (χ1n) is 5.34. The third kappa shape index (κ3) is 2.41. The summed E-state index contributed by atoms with van der Waals surface area (Å²) >= 11 is 0. The highest BCUT2D eigenvalue weighted by Crippen LogP contribution is 2.29. The zero-order valence-electron chi connectivity index (χ0n) is 9.26. The van der Waals surface area contributed by atoms with E-state index in [4.69, 9.17) is 10.5 Å². The molecule has 2 aromatic rings. The number of rotatable bonds is 3. The Morgan fingerprint density at radius 2 is 1.56 bits per heavy atom. The van der Waals surface area contributed by atoms with Gasteiger partial charge in [-0.2, -0.15) is 0 Å². The zero-order valence-corrected chi connectivity index (χ0v) is 9.26. The Morgan fingerprint density at radius 3 is 2.25 bits per heavy atom. The van der Waals surface area contributed by atoms with E-state index in [0.717, 1.165) is 16.9 Å². The largest absolute Gasteiger partial charge is 0.475 e. The van der Waals surface area contributed by atoms with E-state index in [0.29, 0.717) is 0 Å². The minimum Gasteiger partial charge on any atom is -0.475 e. The van der Waals surface area contributed by atoms with E-state index < -0.39 is 0 Å². The second-order valence-electron chi connectivity index (χ2n) is 3.69. The van der Waals surface area contributed by atoms with E-state index >= 15 is 0 Å². The number of ether oxygens (including phenoxy) is 1. The fourth-order valence-electron chi connectivity index (χ4n) is 1.63. The molecule has 0 aliphatic heterocycles. The summed E-state index contributed by atoms with van der Waals surface area (Å²) in [4.78, 5) is 0. The van der Waals surface area contributed by atoms with Crippen LogP contribution in [0, 0.1) is 0 Å². The molecule has 2 heteroatoms. The van der Waals surface area contributed by atoms with Gasteiger partial charge in [0.2, 0.25) is 0 Å². The van der Waals surface area contributed by atoms with Crippen LogP contribution in [0.5, 0.6) is 5.75 Å². The quantitative estimate of drug-likeness (QED) is 0.795. The molecule has 2 N–H and O–H groups in total. The van der Waals surface area contributed by atoms with Crippen LogP contribution in [0.4, 0.5) is 0 Å². The second-order valence-corrected chi connectivity index (χ2v) is 3.69. The molecule has 0 fully saturated rings. The topological polar surface area (TPSA) is 35.2 Å². The monoisotopic (exact) mass is 213 g/mol. The van der Waals surface area contributed by atoms with Crippen molar-refractivity contribution >= 4 is 0 Å². The normalized spacial score (nSPS) is 12.1. The summed E-state index contributed by atoms with van der Waals surface area (Å²) < 4.78 is 5.58. The summed E-state index contributed by atoms with van der Waals surface area (Å²) in [5, 5.41) is 0. The molecule has 82 valence electrons. The summed E-state index contributed by atoms with van der Waals surface area (Å²) in [6, 6.07) is 18.1. The molecule has 0 aliphatic carbocycles. The van der Waals surface area contributed by atoms with Crippen molar-refractivity contribution in [3.8, 4) is 16.9 Å². The summed E-state index contributed by atoms with van der Waals surface area (Å²) in [5.41, 5.74) is 7.86. The Kier molecular flexibility index (Phi) is 3.22. The van der Waals surface area contributed by atoms with E-state index in [1.165, 1.54) is 0 Å². The lowest BCUT2D eigenvalue weighted by atomic mass is 10.1. The number of hydrogen-bond acceptors (Lipinski definition) is 2. The maximum Gasteiger partial charge on any atom is 0.144 e. The van der Waals surface area contributed by atoms with Gasteiger partial charge in [0.1, 0.15) is 12.0 Å². The lowest BCUT2D eigenvalue weighted by molar-refractivity contribution is 0.231. The van der Waals surface area contributed by atoms with Crippen molar-refractivity contribution in [2.45, 2.75) is 13.2 Å². The first kappa shape index (κ1) is 10.7. The Morgan fingerprint density at radius 1 is 0.938 bits per heavy atom. The van der Waals surface area contributed by atoms with Gasteiger partial charge in [0, 0.05) is 5.56 Å². The highest BCUT2D eigenvalue weighted by molar-refractivity contribution is 5.70. The zero-order chi connectivity index (χ0) is 11.4. The van der Waals surface area contributed by atoms with Crippen LogP contribution in [-0.2, 0) is 0 Å². The van der Waals surface area contributed by atoms with Crippen molar-refractivity contribution in [1.82, 2.24) is 0 Å². The van der Waals surface area contributed by atoms with Gasteiger partial charge in [-0.05, 0) is 18.6 Å². The van der Waals surface area contributed by atoms with E-state index in [1.807, 2.05) is 49.4 Å². The molecule has 0 aromatic heterocycles. The smallest absolute Gasteiger partial charge is 0.144 e. The summed E-state index contributed by atoms with van der Waals surface area (Å²) in [5.74, 6) is 0.823. The van der Waals surface area contributed by atoms with Gasteiger partial charge in [-0.1, -0.05) is 48.5 Å². The number of nitrogens with two attached hydrogens (primary N) is 1. The molecule has 0 saturated carbocycles. The third-order valence-electron chi connectivity index (χ3n) is 2.28. The first-order valence-corrected chi connectivity index (χ1v) is 5.34. The standard InChI is InChI=1S/C14H15NO/c1-11(15)16-14-10-6-5-9-13(14)12-7-3-2-4-8-12/h2-11H,15H2,1H3. The van der Waals surface area contributed by atoms with E-state index in [1.54, 1.807) is 0 Å². The van der Waals surface area contributed by atoms with Crippen LogP contribution in [0.2, 0.25) is 0 Å². The molecule has 0 heterocycles. The Bertz CT molecular complexity index is 451. The Hall–Kier alpha value is -1.80. The van der Waals surface area contributed by atoms with Crippen LogP contribution >= 0.6 is 0 Å². The van der Waals surface area contributed by atoms with Gasteiger partial charge in [0.15, 0.2) is 0 Å². The van der Waals surface area contributed by atoms with Crippen LogP contribution in [-0.4, -0.2) is 6.23 Å². The van der Waals surface area contributed by atoms with Crippen molar-refractivity contribution in [3.05, 3.63) is 54.6 Å². The molecule has 0 spiro atoms. The fourth-order valence-corrected chi connectivity index (χ4v) is 1.63. The molecule has 1 atom stereocenters. The molecule has 2 rings (SSSR count). The average Bonchev–Trinajstić information content (AvgIpc) is 2.30. The molecule has 0 amide bonds. The van der Waals surface area contributed by atoms with Crippen molar-refractivity contribution in [2.75, 3.05) is 0 Å². The summed E-state index contributed by atoms with van der Waals surface area (Å²) in [6.45, 7) is 1.82. The molecule has 2 nitrogen and oxygen atoms in total. The van der Waals surface area contributed by atoms with E-state index in [9.17, 15) is 0 Å². The minimum absolute atomic E-state index is 0.301. The minimum atomic E-state index is -0.301. The highest BCUT2D eigenvalue weighted by atomic mass is 16.5. The van der Waals surface area contributed by atoms with E-state index in [-0.39, 0.29) is 6.23 Å². The van der Waals surface area contributed by atoms with Gasteiger partial charge in [-0.15, -0.1) is 0 Å². The molecule has 2 aromatic carbocycles. The molecule has 0 radical (unpaired) electrons. The molecular weight excluding hydrogens is 198 g/mol. The Labute approximate surface area is 95.7 Å². The van der Waals surface area contributed by atoms with Crippen LogP contribution in [0.25, 0.3) is 11.1 Å². The van der Waals surface area contributed by atoms with Gasteiger partial charge < -0.3 is 4.74 Å². The van der Waals surface area contributed by atoms with Crippen LogP contribution in [0.3, 0.4) is 0 Å². The number of benzene rings is 2. The molecule has 0 bridgehead atoms. The fraction of sp³-hybridized carbons (Fsp3) is 0.143. The molecule has 16 heavy (non-hydrogen) atoms. The molecule has 0 aliphatic rings. The predicted octanol–water partition coefficient (Wildman–Crippen LogP) is 3.04. The molecule has 1 unspecified atom stereocenters. The lowest BCUT2D eigenvalue weighted by Crippen LogP contribution is -2.22. The summed E-state index contributed by atoms with van der Waals surface area (Å²) in [6.07, 6.45) is -0.301.